The van der Waals surface area contributed by atoms with Crippen molar-refractivity contribution in [3.8, 4) is 0 Å². The zero-order valence-electron chi connectivity index (χ0n) is 65.3. The SMILES string of the molecule is CCCCCCCCCCCCCCCCCCCCCCCC(=O)OC[C@H](COP(=O)(O)OC[C@@H](O)COP(=O)(O)OC[C@@H](COC(=O)CCCCCCCCCC)OC(=O)CCCCCCCCC(C)CC)OC(=O)CCCCCCCCCCCCCCCCCCCCCCC. The molecule has 100 heavy (non-hydrogen) atoms. The molecule has 3 unspecified atom stereocenters. The molecule has 0 aliphatic carbocycles. The minimum atomic E-state index is -4.96. The molecule has 0 saturated heterocycles. The van der Waals surface area contributed by atoms with Crippen molar-refractivity contribution in [2.45, 2.75) is 451 Å². The summed E-state index contributed by atoms with van der Waals surface area (Å²) in [7, 11) is -9.91. The van der Waals surface area contributed by atoms with Crippen molar-refractivity contribution in [3.63, 3.8) is 0 Å². The smallest absolute Gasteiger partial charge is 0.462 e. The standard InChI is InChI=1S/C81H158O17P2/c1-6-10-13-16-19-22-24-26-28-30-32-34-36-38-40-42-44-46-49-55-60-65-79(84)92-70-76(97-80(85)66-61-56-50-47-45-43-41-39-37-35-33-31-29-27-25-23-20-17-14-11-7-2)72-95-99(87,88)93-68-75(82)69-94-100(89,90)96-73-77(71-91-78(83)64-59-54-48-21-18-15-12-8-3)98-81(86)67-62-57-52-51-53-58-63-74(5)9-4/h74-77,82H,6-73H2,1-5H3,(H,87,88)(H,89,90)/t74?,75-,76-,77-/m1/s1. The van der Waals surface area contributed by atoms with Crippen LogP contribution in [-0.4, -0.2) is 96.7 Å². The molecule has 0 aromatic heterocycles. The molecule has 0 radical (unpaired) electrons. The summed E-state index contributed by atoms with van der Waals surface area (Å²) in [6, 6.07) is 0. The lowest BCUT2D eigenvalue weighted by molar-refractivity contribution is -0.161. The first-order valence-electron chi connectivity index (χ1n) is 42.2. The zero-order chi connectivity index (χ0) is 73.4. The van der Waals surface area contributed by atoms with Gasteiger partial charge in [0.15, 0.2) is 12.2 Å². The van der Waals surface area contributed by atoms with E-state index in [0.29, 0.717) is 25.7 Å². The number of phosphoric ester groups is 2. The van der Waals surface area contributed by atoms with Gasteiger partial charge in [-0.3, -0.25) is 37.3 Å². The van der Waals surface area contributed by atoms with E-state index in [9.17, 15) is 43.2 Å². The van der Waals surface area contributed by atoms with Gasteiger partial charge in [-0.1, -0.05) is 381 Å². The van der Waals surface area contributed by atoms with Crippen LogP contribution in [0.25, 0.3) is 0 Å². The second-order valence-electron chi connectivity index (χ2n) is 29.4. The third kappa shape index (κ3) is 73.0. The van der Waals surface area contributed by atoms with Crippen LogP contribution in [0.3, 0.4) is 0 Å². The summed E-state index contributed by atoms with van der Waals surface area (Å²) >= 11 is 0. The molecule has 6 atom stereocenters. The summed E-state index contributed by atoms with van der Waals surface area (Å²) < 4.78 is 68.5. The molecule has 17 nitrogen and oxygen atoms in total. The van der Waals surface area contributed by atoms with E-state index in [-0.39, 0.29) is 25.7 Å². The average molecular weight is 1470 g/mol. The predicted molar refractivity (Wildman–Crippen MR) is 409 cm³/mol. The first kappa shape index (κ1) is 98.1. The van der Waals surface area contributed by atoms with Crippen LogP contribution < -0.4 is 0 Å². The van der Waals surface area contributed by atoms with Crippen LogP contribution in [0.1, 0.15) is 433 Å². The van der Waals surface area contributed by atoms with E-state index in [1.807, 2.05) is 0 Å². The molecule has 0 fully saturated rings. The van der Waals surface area contributed by atoms with Gasteiger partial charge in [-0.05, 0) is 31.6 Å². The largest absolute Gasteiger partial charge is 0.472 e. The first-order chi connectivity index (χ1) is 48.6. The van der Waals surface area contributed by atoms with Crippen molar-refractivity contribution >= 4 is 39.5 Å². The maximum atomic E-state index is 13.1. The monoisotopic (exact) mass is 1470 g/mol. The third-order valence-electron chi connectivity index (χ3n) is 19.4. The van der Waals surface area contributed by atoms with E-state index < -0.39 is 97.5 Å². The highest BCUT2D eigenvalue weighted by atomic mass is 31.2. The Balaban J connectivity index is 5.15. The Morgan fingerprint density at radius 1 is 0.280 bits per heavy atom. The maximum Gasteiger partial charge on any atom is 0.472 e. The van der Waals surface area contributed by atoms with Gasteiger partial charge < -0.3 is 33.8 Å². The molecular weight excluding hydrogens is 1310 g/mol. The molecule has 0 aromatic rings. The topological polar surface area (TPSA) is 237 Å². The fraction of sp³-hybridized carbons (Fsp3) is 0.951. The van der Waals surface area contributed by atoms with Gasteiger partial charge in [0.05, 0.1) is 26.4 Å². The van der Waals surface area contributed by atoms with E-state index in [1.165, 1.54) is 250 Å². The number of rotatable bonds is 81. The Labute approximate surface area is 613 Å². The normalized spacial score (nSPS) is 14.1. The van der Waals surface area contributed by atoms with Gasteiger partial charge >= 0.3 is 39.5 Å². The highest BCUT2D eigenvalue weighted by molar-refractivity contribution is 7.47. The number of ether oxygens (including phenoxy) is 4. The number of carbonyl (C=O) groups is 4. The van der Waals surface area contributed by atoms with E-state index in [0.717, 1.165) is 102 Å². The Hall–Kier alpha value is -1.94. The number of esters is 4. The minimum Gasteiger partial charge on any atom is -0.462 e. The second-order valence-corrected chi connectivity index (χ2v) is 32.3. The van der Waals surface area contributed by atoms with Crippen LogP contribution in [0, 0.1) is 5.92 Å². The summed E-state index contributed by atoms with van der Waals surface area (Å²) in [5.74, 6) is -1.40. The van der Waals surface area contributed by atoms with E-state index in [4.69, 9.17) is 37.0 Å². The number of hydrogen-bond acceptors (Lipinski definition) is 15. The summed E-state index contributed by atoms with van der Waals surface area (Å²) in [6.07, 6.45) is 65.7. The molecule has 0 bridgehead atoms. The van der Waals surface area contributed by atoms with E-state index >= 15 is 0 Å². The number of aliphatic hydroxyl groups is 1. The van der Waals surface area contributed by atoms with E-state index in [1.54, 1.807) is 0 Å². The molecule has 0 aromatic carbocycles. The fourth-order valence-corrected chi connectivity index (χ4v) is 14.1. The maximum absolute atomic E-state index is 13.1. The van der Waals surface area contributed by atoms with Crippen molar-refractivity contribution in [3.05, 3.63) is 0 Å². The Bertz CT molecular complexity index is 1910. The zero-order valence-corrected chi connectivity index (χ0v) is 67.1. The van der Waals surface area contributed by atoms with Gasteiger partial charge in [0.2, 0.25) is 0 Å². The van der Waals surface area contributed by atoms with Crippen LogP contribution in [0.4, 0.5) is 0 Å². The van der Waals surface area contributed by atoms with Crippen molar-refractivity contribution < 1.29 is 80.2 Å². The van der Waals surface area contributed by atoms with Crippen LogP contribution in [0.2, 0.25) is 0 Å². The highest BCUT2D eigenvalue weighted by Gasteiger charge is 2.30. The van der Waals surface area contributed by atoms with Gasteiger partial charge in [0, 0.05) is 25.7 Å². The van der Waals surface area contributed by atoms with Crippen molar-refractivity contribution in [1.82, 2.24) is 0 Å². The number of carbonyl (C=O) groups excluding carboxylic acids is 4. The quantitative estimate of drug-likeness (QED) is 0.0222. The molecule has 0 spiro atoms. The molecule has 0 aliphatic rings. The molecule has 0 aliphatic heterocycles. The lowest BCUT2D eigenvalue weighted by atomic mass is 10.00. The molecule has 3 N–H and O–H groups in total. The number of unbranched alkanes of at least 4 members (excludes halogenated alkanes) is 52. The predicted octanol–water partition coefficient (Wildman–Crippen LogP) is 24.4. The fourth-order valence-electron chi connectivity index (χ4n) is 12.6. The Kier molecular flexibility index (Phi) is 72.5. The average Bonchev–Trinajstić information content (AvgIpc) is 1.16. The van der Waals surface area contributed by atoms with Gasteiger partial charge in [0.25, 0.3) is 0 Å². The number of aliphatic hydroxyl groups excluding tert-OH is 1. The van der Waals surface area contributed by atoms with Crippen LogP contribution >= 0.6 is 15.6 Å². The first-order valence-corrected chi connectivity index (χ1v) is 45.2. The lowest BCUT2D eigenvalue weighted by Gasteiger charge is -2.21. The molecular formula is C81H158O17P2. The second kappa shape index (κ2) is 73.9. The summed E-state index contributed by atoms with van der Waals surface area (Å²) in [4.78, 5) is 72.8. The van der Waals surface area contributed by atoms with Gasteiger partial charge in [-0.25, -0.2) is 9.13 Å². The summed E-state index contributed by atoms with van der Waals surface area (Å²) in [6.45, 7) is 7.24. The summed E-state index contributed by atoms with van der Waals surface area (Å²) in [5.41, 5.74) is 0. The van der Waals surface area contributed by atoms with Crippen molar-refractivity contribution in [1.29, 1.82) is 0 Å². The molecule has 0 rings (SSSR count). The Morgan fingerprint density at radius 2 is 0.480 bits per heavy atom. The van der Waals surface area contributed by atoms with Crippen LogP contribution in [0.15, 0.2) is 0 Å². The molecule has 0 heterocycles. The van der Waals surface area contributed by atoms with Crippen molar-refractivity contribution in [2.75, 3.05) is 39.6 Å². The van der Waals surface area contributed by atoms with E-state index in [2.05, 4.69) is 34.6 Å². The number of hydrogen-bond donors (Lipinski definition) is 3. The summed E-state index contributed by atoms with van der Waals surface area (Å²) in [5, 5.41) is 10.6. The molecule has 0 saturated carbocycles. The minimum absolute atomic E-state index is 0.103. The third-order valence-corrected chi connectivity index (χ3v) is 21.3. The molecule has 594 valence electrons. The van der Waals surface area contributed by atoms with Crippen LogP contribution in [-0.2, 0) is 65.4 Å². The molecule has 0 amide bonds. The van der Waals surface area contributed by atoms with Crippen molar-refractivity contribution in [2.24, 2.45) is 5.92 Å². The van der Waals surface area contributed by atoms with Gasteiger partial charge in [-0.15, -0.1) is 0 Å². The van der Waals surface area contributed by atoms with Crippen LogP contribution in [0.5, 0.6) is 0 Å². The van der Waals surface area contributed by atoms with Gasteiger partial charge in [-0.2, -0.15) is 0 Å². The number of phosphoric acid groups is 2. The lowest BCUT2D eigenvalue weighted by Crippen LogP contribution is -2.30. The molecule has 19 heteroatoms. The Morgan fingerprint density at radius 3 is 0.710 bits per heavy atom. The van der Waals surface area contributed by atoms with Gasteiger partial charge in [0.1, 0.15) is 19.3 Å². The highest BCUT2D eigenvalue weighted by Crippen LogP contribution is 2.45.